The fourth-order valence-electron chi connectivity index (χ4n) is 3.63. The second kappa shape index (κ2) is 8.71. The number of hydrogen-bond donors (Lipinski definition) is 1. The number of aryl methyl sites for hydroxylation is 1. The first-order valence-electron chi connectivity index (χ1n) is 9.67. The predicted octanol–water partition coefficient (Wildman–Crippen LogP) is 2.90. The lowest BCUT2D eigenvalue weighted by Crippen LogP contribution is -2.42. The molecule has 1 unspecified atom stereocenters. The van der Waals surface area contributed by atoms with Crippen LogP contribution in [0.4, 0.5) is 0 Å². The Hall–Kier alpha value is -2.77. The van der Waals surface area contributed by atoms with E-state index >= 15 is 0 Å². The van der Waals surface area contributed by atoms with E-state index in [1.807, 2.05) is 37.3 Å². The lowest BCUT2D eigenvalue weighted by molar-refractivity contribution is -0.125. The third-order valence-electron chi connectivity index (χ3n) is 5.04. The molecule has 150 valence electrons. The van der Waals surface area contributed by atoms with Gasteiger partial charge in [0, 0.05) is 29.7 Å². The number of nitrogens with one attached hydrogen (secondary N) is 1. The highest BCUT2D eigenvalue weighted by Crippen LogP contribution is 2.21. The second-order valence-corrected chi connectivity index (χ2v) is 7.68. The van der Waals surface area contributed by atoms with Gasteiger partial charge >= 0.3 is 0 Å². The van der Waals surface area contributed by atoms with E-state index in [0.717, 1.165) is 47.9 Å². The zero-order chi connectivity index (χ0) is 20.2. The smallest absolute Gasteiger partial charge is 0.237 e. The summed E-state index contributed by atoms with van der Waals surface area (Å²) >= 11 is 5.97. The summed E-state index contributed by atoms with van der Waals surface area (Å²) < 4.78 is 1.75. The summed E-state index contributed by atoms with van der Waals surface area (Å²) in [5, 5.41) is 3.77. The molecule has 0 spiro atoms. The summed E-state index contributed by atoms with van der Waals surface area (Å²) in [5.74, 6) is 0.592. The van der Waals surface area contributed by atoms with Crippen molar-refractivity contribution in [2.24, 2.45) is 0 Å². The predicted molar refractivity (Wildman–Crippen MR) is 111 cm³/mol. The van der Waals surface area contributed by atoms with Crippen LogP contribution in [-0.2, 0) is 17.9 Å². The first-order chi connectivity index (χ1) is 14.1. The number of hydrogen-bond acceptors (Lipinski definition) is 5. The lowest BCUT2D eigenvalue weighted by atomic mass is 10.1. The van der Waals surface area contributed by atoms with Gasteiger partial charge in [0.2, 0.25) is 11.9 Å². The van der Waals surface area contributed by atoms with E-state index in [1.165, 1.54) is 0 Å². The van der Waals surface area contributed by atoms with Gasteiger partial charge in [-0.2, -0.15) is 0 Å². The molecule has 1 fully saturated rings. The van der Waals surface area contributed by atoms with Crippen molar-refractivity contribution in [2.45, 2.75) is 38.9 Å². The summed E-state index contributed by atoms with van der Waals surface area (Å²) in [7, 11) is 0. The van der Waals surface area contributed by atoms with Gasteiger partial charge in [-0.15, -0.1) is 0 Å². The number of carbonyl (C=O) groups excluding carboxylic acids is 1. The number of likely N-dealkylation sites (tertiary alicyclic amines) is 1. The molecule has 8 heteroatoms. The molecule has 3 heterocycles. The maximum absolute atomic E-state index is 12.8. The fourth-order valence-corrected chi connectivity index (χ4v) is 3.76. The number of aromatic nitrogens is 4. The molecule has 29 heavy (non-hydrogen) atoms. The number of nitrogens with zero attached hydrogens (tertiary/aromatic N) is 5. The maximum Gasteiger partial charge on any atom is 0.237 e. The molecule has 0 bridgehead atoms. The van der Waals surface area contributed by atoms with Crippen LogP contribution in [0.2, 0.25) is 5.02 Å². The minimum Gasteiger partial charge on any atom is -0.349 e. The number of benzene rings is 1. The van der Waals surface area contributed by atoms with Crippen LogP contribution in [0.25, 0.3) is 5.95 Å². The first kappa shape index (κ1) is 19.5. The Bertz CT molecular complexity index is 973. The third kappa shape index (κ3) is 4.81. The average Bonchev–Trinajstić information content (AvgIpc) is 3.40. The van der Waals surface area contributed by atoms with E-state index in [9.17, 15) is 4.79 Å². The van der Waals surface area contributed by atoms with Crippen LogP contribution in [0, 0.1) is 6.92 Å². The fraction of sp³-hybridized carbons (Fsp3) is 0.333. The first-order valence-corrected chi connectivity index (χ1v) is 10.1. The van der Waals surface area contributed by atoms with Gasteiger partial charge in [0.15, 0.2) is 0 Å². The molecule has 1 saturated heterocycles. The maximum atomic E-state index is 12.8. The van der Waals surface area contributed by atoms with Crippen LogP contribution in [-0.4, -0.2) is 42.9 Å². The van der Waals surface area contributed by atoms with Crippen molar-refractivity contribution >= 4 is 17.5 Å². The van der Waals surface area contributed by atoms with Crippen LogP contribution in [0.3, 0.4) is 0 Å². The number of halogens is 1. The van der Waals surface area contributed by atoms with Crippen molar-refractivity contribution in [1.29, 1.82) is 0 Å². The topological polar surface area (TPSA) is 75.9 Å². The van der Waals surface area contributed by atoms with E-state index in [4.69, 9.17) is 11.6 Å². The number of carbonyl (C=O) groups is 1. The molecule has 1 N–H and O–H groups in total. The molecular formula is C21H23ClN6O. The standard InChI is InChI=1S/C21H23ClN6O/c1-15-11-18(26-21(25-15)28-10-8-23-14-28)12-24-20(29)19-3-2-9-27(19)13-16-4-6-17(22)7-5-16/h4-8,10-11,14,19H,2-3,9,12-13H2,1H3,(H,24,29). The van der Waals surface area contributed by atoms with Crippen LogP contribution in [0.15, 0.2) is 49.1 Å². The van der Waals surface area contributed by atoms with Crippen LogP contribution >= 0.6 is 11.6 Å². The van der Waals surface area contributed by atoms with Crippen molar-refractivity contribution in [1.82, 2.24) is 29.7 Å². The number of rotatable bonds is 6. The zero-order valence-electron chi connectivity index (χ0n) is 16.3. The van der Waals surface area contributed by atoms with Crippen molar-refractivity contribution in [3.8, 4) is 5.95 Å². The summed E-state index contributed by atoms with van der Waals surface area (Å²) in [4.78, 5) is 28.1. The van der Waals surface area contributed by atoms with Crippen molar-refractivity contribution < 1.29 is 4.79 Å². The molecule has 3 aromatic rings. The summed E-state index contributed by atoms with van der Waals surface area (Å²) in [5.41, 5.74) is 2.78. The summed E-state index contributed by atoms with van der Waals surface area (Å²) in [6.07, 6.45) is 7.02. The molecule has 2 aromatic heterocycles. The van der Waals surface area contributed by atoms with E-state index in [-0.39, 0.29) is 11.9 Å². The molecule has 1 amide bonds. The normalized spacial score (nSPS) is 16.8. The van der Waals surface area contributed by atoms with Gasteiger partial charge in [-0.1, -0.05) is 23.7 Å². The minimum atomic E-state index is -0.123. The Morgan fingerprint density at radius 1 is 1.28 bits per heavy atom. The van der Waals surface area contributed by atoms with Crippen LogP contribution in [0.1, 0.15) is 29.8 Å². The highest BCUT2D eigenvalue weighted by molar-refractivity contribution is 6.30. The number of amides is 1. The Morgan fingerprint density at radius 2 is 2.10 bits per heavy atom. The van der Waals surface area contributed by atoms with Crippen molar-refractivity contribution in [3.63, 3.8) is 0 Å². The molecular weight excluding hydrogens is 388 g/mol. The van der Waals surface area contributed by atoms with E-state index < -0.39 is 0 Å². The van der Waals surface area contributed by atoms with Gasteiger partial charge in [0.25, 0.3) is 0 Å². The van der Waals surface area contributed by atoms with Gasteiger partial charge in [-0.3, -0.25) is 14.3 Å². The average molecular weight is 411 g/mol. The van der Waals surface area contributed by atoms with E-state index in [0.29, 0.717) is 12.5 Å². The van der Waals surface area contributed by atoms with E-state index in [1.54, 1.807) is 23.3 Å². The molecule has 1 aliphatic rings. The summed E-state index contributed by atoms with van der Waals surface area (Å²) in [6, 6.07) is 9.56. The summed E-state index contributed by atoms with van der Waals surface area (Å²) in [6.45, 7) is 3.94. The quantitative estimate of drug-likeness (QED) is 0.676. The zero-order valence-corrected chi connectivity index (χ0v) is 17.0. The Morgan fingerprint density at radius 3 is 2.86 bits per heavy atom. The highest BCUT2D eigenvalue weighted by Gasteiger charge is 2.30. The van der Waals surface area contributed by atoms with Gasteiger partial charge in [0.1, 0.15) is 6.33 Å². The van der Waals surface area contributed by atoms with Crippen LogP contribution < -0.4 is 5.32 Å². The van der Waals surface area contributed by atoms with E-state index in [2.05, 4.69) is 25.2 Å². The second-order valence-electron chi connectivity index (χ2n) is 7.24. The molecule has 1 aliphatic heterocycles. The van der Waals surface area contributed by atoms with Gasteiger partial charge < -0.3 is 5.32 Å². The largest absolute Gasteiger partial charge is 0.349 e. The lowest BCUT2D eigenvalue weighted by Gasteiger charge is -2.23. The molecule has 0 aliphatic carbocycles. The highest BCUT2D eigenvalue weighted by atomic mass is 35.5. The minimum absolute atomic E-state index is 0.0388. The third-order valence-corrected chi connectivity index (χ3v) is 5.29. The van der Waals surface area contributed by atoms with Crippen LogP contribution in [0.5, 0.6) is 0 Å². The Kier molecular flexibility index (Phi) is 5.87. The molecule has 7 nitrogen and oxygen atoms in total. The van der Waals surface area contributed by atoms with Gasteiger partial charge in [-0.05, 0) is 50.1 Å². The monoisotopic (exact) mass is 410 g/mol. The van der Waals surface area contributed by atoms with Gasteiger partial charge in [0.05, 0.1) is 18.3 Å². The molecule has 4 rings (SSSR count). The molecule has 0 saturated carbocycles. The van der Waals surface area contributed by atoms with Crippen molar-refractivity contribution in [2.75, 3.05) is 6.54 Å². The SMILES string of the molecule is Cc1cc(CNC(=O)C2CCCN2Cc2ccc(Cl)cc2)nc(-n2ccnc2)n1. The number of imidazole rings is 1. The van der Waals surface area contributed by atoms with Gasteiger partial charge in [-0.25, -0.2) is 15.0 Å². The Balaban J connectivity index is 1.39. The Labute approximate surface area is 174 Å². The molecule has 1 aromatic carbocycles. The van der Waals surface area contributed by atoms with Crippen molar-refractivity contribution in [3.05, 3.63) is 71.0 Å². The molecule has 0 radical (unpaired) electrons. The molecule has 1 atom stereocenters.